The number of nitrogens with zero attached hydrogens (tertiary/aromatic N) is 2. The van der Waals surface area contributed by atoms with Crippen LogP contribution in [-0.4, -0.2) is 95.3 Å². The largest absolute Gasteiger partial charge is 0.489 e. The van der Waals surface area contributed by atoms with Crippen LogP contribution in [0.3, 0.4) is 0 Å². The lowest BCUT2D eigenvalue weighted by molar-refractivity contribution is 0.106. The van der Waals surface area contributed by atoms with Crippen LogP contribution in [-0.2, 0) is 32.9 Å². The highest BCUT2D eigenvalue weighted by Gasteiger charge is 2.16. The Kier molecular flexibility index (Phi) is 17.1. The zero-order valence-corrected chi connectivity index (χ0v) is 36.1. The average molecular weight is 897 g/mol. The molecule has 4 aromatic carbocycles. The van der Waals surface area contributed by atoms with Gasteiger partial charge in [-0.3, -0.25) is 19.4 Å². The highest BCUT2D eigenvalue weighted by Crippen LogP contribution is 2.21. The predicted molar refractivity (Wildman–Crippen MR) is 244 cm³/mol. The summed E-state index contributed by atoms with van der Waals surface area (Å²) in [5.74, 6) is 1.19. The maximum atomic E-state index is 13.1. The highest BCUT2D eigenvalue weighted by atomic mass is 32.2. The molecule has 6 rings (SSSR count). The van der Waals surface area contributed by atoms with E-state index in [-0.39, 0.29) is 23.0 Å². The van der Waals surface area contributed by atoms with Crippen molar-refractivity contribution in [3.8, 4) is 11.5 Å². The normalized spacial score (nSPS) is 12.5. The molecule has 2 atom stereocenters. The van der Waals surface area contributed by atoms with Crippen LogP contribution in [0.1, 0.15) is 11.1 Å². The lowest BCUT2D eigenvalue weighted by Crippen LogP contribution is -2.32. The van der Waals surface area contributed by atoms with Crippen molar-refractivity contribution in [1.29, 1.82) is 0 Å². The van der Waals surface area contributed by atoms with Crippen LogP contribution in [0.4, 0.5) is 22.7 Å². The van der Waals surface area contributed by atoms with Gasteiger partial charge in [0.25, 0.3) is 20.0 Å². The van der Waals surface area contributed by atoms with Gasteiger partial charge in [0.15, 0.2) is 0 Å². The minimum absolute atomic E-state index is 0.103. The van der Waals surface area contributed by atoms with Crippen molar-refractivity contribution in [1.82, 2.24) is 20.6 Å². The SMILES string of the molecule is O=S(=O)(Nc1ccc(CCNCC(O)COc2cccnc2)cc1)c1ccc(NCNc2ccc(S(=O)(=O)Nc3ccc(CCNCC(O)COc4cccnc4)cc3)cc2)cc1. The molecule has 8 N–H and O–H groups in total. The van der Waals surface area contributed by atoms with E-state index in [1.165, 1.54) is 24.3 Å². The third-order valence-corrected chi connectivity index (χ3v) is 12.2. The quantitative estimate of drug-likeness (QED) is 0.0273. The molecule has 0 amide bonds. The van der Waals surface area contributed by atoms with Crippen molar-refractivity contribution in [2.24, 2.45) is 0 Å². The van der Waals surface area contributed by atoms with Crippen LogP contribution >= 0.6 is 0 Å². The molecule has 2 heterocycles. The molecule has 0 aliphatic heterocycles. The predicted octanol–water partition coefficient (Wildman–Crippen LogP) is 4.70. The Balaban J connectivity index is 0.859. The van der Waals surface area contributed by atoms with Crippen molar-refractivity contribution in [2.75, 3.05) is 66.1 Å². The van der Waals surface area contributed by atoms with E-state index in [0.717, 1.165) is 11.1 Å². The molecular formula is C45H52N8O8S2. The Morgan fingerprint density at radius 3 is 1.25 bits per heavy atom. The molecule has 0 radical (unpaired) electrons. The van der Waals surface area contributed by atoms with Gasteiger partial charge in [0.2, 0.25) is 0 Å². The van der Waals surface area contributed by atoms with Gasteiger partial charge < -0.3 is 41.0 Å². The van der Waals surface area contributed by atoms with E-state index in [9.17, 15) is 27.0 Å². The second-order valence-electron chi connectivity index (χ2n) is 14.4. The lowest BCUT2D eigenvalue weighted by atomic mass is 10.1. The number of pyridine rings is 2. The molecule has 18 heteroatoms. The van der Waals surface area contributed by atoms with Gasteiger partial charge in [-0.2, -0.15) is 0 Å². The van der Waals surface area contributed by atoms with Crippen molar-refractivity contribution >= 4 is 42.8 Å². The average Bonchev–Trinajstić information content (AvgIpc) is 3.30. The number of aromatic nitrogens is 2. The van der Waals surface area contributed by atoms with Crippen LogP contribution in [0.15, 0.2) is 156 Å². The number of hydrogen-bond acceptors (Lipinski definition) is 14. The zero-order chi connectivity index (χ0) is 44.3. The van der Waals surface area contributed by atoms with Gasteiger partial charge in [0.1, 0.15) is 36.9 Å². The van der Waals surface area contributed by atoms with E-state index in [1.54, 1.807) is 97.6 Å². The first kappa shape index (κ1) is 46.2. The summed E-state index contributed by atoms with van der Waals surface area (Å²) < 4.78 is 68.6. The van der Waals surface area contributed by atoms with E-state index in [2.05, 4.69) is 40.7 Å². The first-order chi connectivity index (χ1) is 30.5. The second kappa shape index (κ2) is 23.2. The summed E-state index contributed by atoms with van der Waals surface area (Å²) in [4.78, 5) is 8.16. The summed E-state index contributed by atoms with van der Waals surface area (Å²) in [6.07, 6.45) is 6.50. The highest BCUT2D eigenvalue weighted by molar-refractivity contribution is 7.93. The number of aliphatic hydroxyl groups excluding tert-OH is 2. The van der Waals surface area contributed by atoms with Gasteiger partial charge in [-0.1, -0.05) is 24.3 Å². The maximum Gasteiger partial charge on any atom is 0.261 e. The Morgan fingerprint density at radius 2 is 0.889 bits per heavy atom. The van der Waals surface area contributed by atoms with E-state index >= 15 is 0 Å². The summed E-state index contributed by atoms with van der Waals surface area (Å²) in [6, 6.07) is 34.0. The van der Waals surface area contributed by atoms with Crippen LogP contribution in [0, 0.1) is 0 Å². The summed E-state index contributed by atoms with van der Waals surface area (Å²) in [5.41, 5.74) is 4.24. The minimum atomic E-state index is -3.83. The lowest BCUT2D eigenvalue weighted by Gasteiger charge is -2.13. The summed E-state index contributed by atoms with van der Waals surface area (Å²) in [7, 11) is -7.67. The van der Waals surface area contributed by atoms with Crippen LogP contribution in [0.25, 0.3) is 0 Å². The zero-order valence-electron chi connectivity index (χ0n) is 34.4. The molecular weight excluding hydrogens is 845 g/mol. The first-order valence-corrected chi connectivity index (χ1v) is 23.2. The van der Waals surface area contributed by atoms with Gasteiger partial charge in [0, 0.05) is 48.2 Å². The first-order valence-electron chi connectivity index (χ1n) is 20.3. The molecule has 0 aliphatic carbocycles. The number of ether oxygens (including phenoxy) is 2. The third kappa shape index (κ3) is 15.5. The summed E-state index contributed by atoms with van der Waals surface area (Å²) in [6.45, 7) is 2.57. The summed E-state index contributed by atoms with van der Waals surface area (Å²) in [5, 5.41) is 33.0. The van der Waals surface area contributed by atoms with Gasteiger partial charge in [-0.05, 0) is 134 Å². The molecule has 6 aromatic rings. The molecule has 2 aromatic heterocycles. The molecule has 2 unspecified atom stereocenters. The number of nitrogens with one attached hydrogen (secondary N) is 6. The number of benzene rings is 4. The molecule has 0 bridgehead atoms. The fraction of sp³-hybridized carbons (Fsp3) is 0.244. The maximum absolute atomic E-state index is 13.1. The van der Waals surface area contributed by atoms with Crippen LogP contribution in [0.2, 0.25) is 0 Å². The van der Waals surface area contributed by atoms with Gasteiger partial charge in [-0.25, -0.2) is 16.8 Å². The minimum Gasteiger partial charge on any atom is -0.489 e. The van der Waals surface area contributed by atoms with E-state index in [0.29, 0.717) is 79.9 Å². The molecule has 0 spiro atoms. The number of rotatable bonds is 26. The molecule has 0 saturated heterocycles. The molecule has 0 saturated carbocycles. The fourth-order valence-corrected chi connectivity index (χ4v) is 8.15. The van der Waals surface area contributed by atoms with Crippen LogP contribution in [0.5, 0.6) is 11.5 Å². The van der Waals surface area contributed by atoms with Gasteiger partial charge >= 0.3 is 0 Å². The third-order valence-electron chi connectivity index (χ3n) is 9.42. The van der Waals surface area contributed by atoms with E-state index < -0.39 is 32.3 Å². The Labute approximate surface area is 368 Å². The van der Waals surface area contributed by atoms with Gasteiger partial charge in [0.05, 0.1) is 28.9 Å². The number of anilines is 4. The molecule has 0 fully saturated rings. The van der Waals surface area contributed by atoms with Crippen molar-refractivity contribution in [3.05, 3.63) is 157 Å². The van der Waals surface area contributed by atoms with Crippen LogP contribution < -0.4 is 40.2 Å². The van der Waals surface area contributed by atoms with Crippen molar-refractivity contribution in [2.45, 2.75) is 34.8 Å². The molecule has 16 nitrogen and oxygen atoms in total. The number of sulfonamides is 2. The standard InChI is InChI=1S/C45H52N8O8S2/c54-40(31-60-42-3-1-23-46-29-42)27-48-25-21-34-5-9-38(10-6-34)52-62(56,57)44-17-13-36(14-18-44)50-33-51-37-15-19-45(20-16-37)63(58,59)53-39-11-7-35(8-12-39)22-26-49-28-41(55)32-61-43-4-2-24-47-30-43/h1-20,23-24,29-30,40-41,48-55H,21-22,25-28,31-33H2. The Bertz CT molecular complexity index is 2310. The second-order valence-corrected chi connectivity index (χ2v) is 17.8. The summed E-state index contributed by atoms with van der Waals surface area (Å²) >= 11 is 0. The van der Waals surface area contributed by atoms with Crippen molar-refractivity contribution < 1.29 is 36.5 Å². The Hall–Kier alpha value is -6.28. The van der Waals surface area contributed by atoms with E-state index in [1.807, 2.05) is 24.3 Å². The monoisotopic (exact) mass is 896 g/mol. The molecule has 63 heavy (non-hydrogen) atoms. The Morgan fingerprint density at radius 1 is 0.508 bits per heavy atom. The van der Waals surface area contributed by atoms with Gasteiger partial charge in [-0.15, -0.1) is 0 Å². The van der Waals surface area contributed by atoms with Crippen molar-refractivity contribution in [3.63, 3.8) is 0 Å². The number of aliphatic hydroxyl groups is 2. The molecule has 0 aliphatic rings. The topological polar surface area (TPSA) is 225 Å². The smallest absolute Gasteiger partial charge is 0.261 e. The molecule has 332 valence electrons. The number of hydrogen-bond donors (Lipinski definition) is 8. The van der Waals surface area contributed by atoms with E-state index in [4.69, 9.17) is 9.47 Å². The fourth-order valence-electron chi connectivity index (χ4n) is 6.03.